The quantitative estimate of drug-likeness (QED) is 0.458. The normalized spacial score (nSPS) is 15.7. The highest BCUT2D eigenvalue weighted by Gasteiger charge is 2.30. The molecule has 116 valence electrons. The number of nitro groups is 1. The van der Waals surface area contributed by atoms with Gasteiger partial charge in [-0.3, -0.25) is 10.1 Å². The van der Waals surface area contributed by atoms with Crippen LogP contribution in [0.3, 0.4) is 0 Å². The third kappa shape index (κ3) is 2.99. The first-order valence-corrected chi connectivity index (χ1v) is 8.32. The molecule has 0 bridgehead atoms. The molecular formula is C15H18N4O2S. The Morgan fingerprint density at radius 1 is 1.45 bits per heavy atom. The lowest BCUT2D eigenvalue weighted by Gasteiger charge is -2.12. The number of hydrogen-bond donors (Lipinski definition) is 0. The molecule has 1 aliphatic carbocycles. The maximum absolute atomic E-state index is 10.9. The first kappa shape index (κ1) is 15.0. The second-order valence-electron chi connectivity index (χ2n) is 5.47. The lowest BCUT2D eigenvalue weighted by atomic mass is 10.1. The van der Waals surface area contributed by atoms with Crippen LogP contribution in [-0.4, -0.2) is 19.7 Å². The average molecular weight is 318 g/mol. The van der Waals surface area contributed by atoms with Gasteiger partial charge in [-0.15, -0.1) is 10.2 Å². The van der Waals surface area contributed by atoms with E-state index in [4.69, 9.17) is 0 Å². The Labute approximate surface area is 133 Å². The number of non-ortho nitro benzene ring substituents is 1. The van der Waals surface area contributed by atoms with Gasteiger partial charge in [0.25, 0.3) is 5.69 Å². The van der Waals surface area contributed by atoms with Crippen LogP contribution in [0.15, 0.2) is 29.4 Å². The first-order valence-electron chi connectivity index (χ1n) is 7.44. The van der Waals surface area contributed by atoms with E-state index < -0.39 is 0 Å². The highest BCUT2D eigenvalue weighted by Crippen LogP contribution is 2.41. The highest BCUT2D eigenvalue weighted by molar-refractivity contribution is 7.99. The molecular weight excluding hydrogens is 300 g/mol. The second kappa shape index (κ2) is 6.08. The minimum absolute atomic E-state index is 0.0847. The summed E-state index contributed by atoms with van der Waals surface area (Å²) in [5, 5.41) is 20.5. The number of rotatable bonds is 6. The zero-order valence-corrected chi connectivity index (χ0v) is 13.4. The zero-order chi connectivity index (χ0) is 15.7. The predicted octanol–water partition coefficient (Wildman–Crippen LogP) is 3.94. The summed E-state index contributed by atoms with van der Waals surface area (Å²) in [6, 6.07) is 6.79. The third-order valence-electron chi connectivity index (χ3n) is 3.84. The molecule has 1 aromatic heterocycles. The van der Waals surface area contributed by atoms with E-state index in [2.05, 4.69) is 21.7 Å². The van der Waals surface area contributed by atoms with Crippen LogP contribution in [0.4, 0.5) is 5.69 Å². The van der Waals surface area contributed by atoms with Crippen LogP contribution in [0.25, 0.3) is 0 Å². The van der Waals surface area contributed by atoms with Crippen molar-refractivity contribution in [2.45, 2.75) is 49.6 Å². The van der Waals surface area contributed by atoms with E-state index in [1.54, 1.807) is 23.9 Å². The second-order valence-corrected chi connectivity index (χ2v) is 6.78. The van der Waals surface area contributed by atoms with E-state index in [1.165, 1.54) is 18.9 Å². The van der Waals surface area contributed by atoms with Crippen molar-refractivity contribution in [1.82, 2.24) is 14.8 Å². The molecule has 0 N–H and O–H groups in total. The van der Waals surface area contributed by atoms with Crippen molar-refractivity contribution < 1.29 is 4.92 Å². The van der Waals surface area contributed by atoms with Gasteiger partial charge in [0.2, 0.25) is 0 Å². The SMILES string of the molecule is CCn1c(S[C@@H](C)c2cccc([N+](=O)[O-])c2)nnc1C1CC1. The van der Waals surface area contributed by atoms with E-state index in [1.807, 2.05) is 13.0 Å². The summed E-state index contributed by atoms with van der Waals surface area (Å²) in [6.45, 7) is 4.98. The fraction of sp³-hybridized carbons (Fsp3) is 0.467. The molecule has 2 aromatic rings. The van der Waals surface area contributed by atoms with Crippen molar-refractivity contribution in [3.8, 4) is 0 Å². The Kier molecular flexibility index (Phi) is 4.15. The lowest BCUT2D eigenvalue weighted by molar-refractivity contribution is -0.384. The molecule has 1 saturated carbocycles. The molecule has 0 spiro atoms. The van der Waals surface area contributed by atoms with E-state index in [0.717, 1.165) is 23.1 Å². The summed E-state index contributed by atoms with van der Waals surface area (Å²) in [7, 11) is 0. The van der Waals surface area contributed by atoms with Crippen molar-refractivity contribution in [1.29, 1.82) is 0 Å². The molecule has 1 heterocycles. The summed E-state index contributed by atoms with van der Waals surface area (Å²) in [5.41, 5.74) is 1.05. The van der Waals surface area contributed by atoms with Crippen LogP contribution in [-0.2, 0) is 6.54 Å². The molecule has 3 rings (SSSR count). The van der Waals surface area contributed by atoms with Crippen LogP contribution in [0, 0.1) is 10.1 Å². The van der Waals surface area contributed by atoms with Gasteiger partial charge in [0.15, 0.2) is 5.16 Å². The number of nitrogens with zero attached hydrogens (tertiary/aromatic N) is 4. The van der Waals surface area contributed by atoms with E-state index >= 15 is 0 Å². The number of benzene rings is 1. The Hall–Kier alpha value is -1.89. The van der Waals surface area contributed by atoms with E-state index in [-0.39, 0.29) is 15.9 Å². The van der Waals surface area contributed by atoms with Gasteiger partial charge in [0.05, 0.1) is 4.92 Å². The molecule has 0 amide bonds. The van der Waals surface area contributed by atoms with Crippen molar-refractivity contribution in [2.75, 3.05) is 0 Å². The van der Waals surface area contributed by atoms with Crippen molar-refractivity contribution >= 4 is 17.4 Å². The summed E-state index contributed by atoms with van der Waals surface area (Å²) < 4.78 is 2.16. The maximum atomic E-state index is 10.9. The van der Waals surface area contributed by atoms with E-state index in [9.17, 15) is 10.1 Å². The Bertz CT molecular complexity index is 697. The van der Waals surface area contributed by atoms with Gasteiger partial charge >= 0.3 is 0 Å². The number of nitro benzene ring substituents is 1. The predicted molar refractivity (Wildman–Crippen MR) is 85.0 cm³/mol. The third-order valence-corrected chi connectivity index (χ3v) is 4.98. The summed E-state index contributed by atoms with van der Waals surface area (Å²) in [4.78, 5) is 10.5. The van der Waals surface area contributed by atoms with Gasteiger partial charge < -0.3 is 4.57 Å². The number of aromatic nitrogens is 3. The molecule has 1 aromatic carbocycles. The van der Waals surface area contributed by atoms with Crippen molar-refractivity contribution in [3.05, 3.63) is 45.8 Å². The molecule has 6 nitrogen and oxygen atoms in total. The monoisotopic (exact) mass is 318 g/mol. The Balaban J connectivity index is 1.80. The molecule has 0 radical (unpaired) electrons. The molecule has 22 heavy (non-hydrogen) atoms. The summed E-state index contributed by atoms with van der Waals surface area (Å²) in [5.74, 6) is 1.64. The van der Waals surface area contributed by atoms with Crippen LogP contribution >= 0.6 is 11.8 Å². The zero-order valence-electron chi connectivity index (χ0n) is 12.6. The molecule has 7 heteroatoms. The molecule has 0 aliphatic heterocycles. The minimum atomic E-state index is -0.360. The fourth-order valence-corrected chi connectivity index (χ4v) is 3.48. The topological polar surface area (TPSA) is 73.8 Å². The number of hydrogen-bond acceptors (Lipinski definition) is 5. The maximum Gasteiger partial charge on any atom is 0.269 e. The van der Waals surface area contributed by atoms with Gasteiger partial charge in [-0.2, -0.15) is 0 Å². The van der Waals surface area contributed by atoms with Gasteiger partial charge in [0, 0.05) is 29.8 Å². The Morgan fingerprint density at radius 3 is 2.86 bits per heavy atom. The largest absolute Gasteiger partial charge is 0.306 e. The first-order chi connectivity index (χ1) is 10.6. The standard InChI is InChI=1S/C15H18N4O2S/c1-3-18-14(11-7-8-11)16-17-15(18)22-10(2)12-5-4-6-13(9-12)19(20)21/h4-6,9-11H,3,7-8H2,1-2H3/t10-/m0/s1. The van der Waals surface area contributed by atoms with Gasteiger partial charge in [0.1, 0.15) is 5.82 Å². The summed E-state index contributed by atoms with van der Waals surface area (Å²) >= 11 is 1.60. The van der Waals surface area contributed by atoms with Crippen LogP contribution in [0.1, 0.15) is 49.2 Å². The lowest BCUT2D eigenvalue weighted by Crippen LogP contribution is -2.03. The van der Waals surface area contributed by atoms with Crippen LogP contribution < -0.4 is 0 Å². The molecule has 1 aliphatic rings. The van der Waals surface area contributed by atoms with Gasteiger partial charge in [-0.1, -0.05) is 23.9 Å². The number of thioether (sulfide) groups is 1. The fourth-order valence-electron chi connectivity index (χ4n) is 2.45. The smallest absolute Gasteiger partial charge is 0.269 e. The summed E-state index contributed by atoms with van der Waals surface area (Å²) in [6.07, 6.45) is 2.40. The average Bonchev–Trinajstić information content (AvgIpc) is 3.29. The van der Waals surface area contributed by atoms with Gasteiger partial charge in [-0.05, 0) is 32.3 Å². The molecule has 0 unspecified atom stereocenters. The van der Waals surface area contributed by atoms with Crippen LogP contribution in [0.2, 0.25) is 0 Å². The molecule has 1 atom stereocenters. The molecule has 1 fully saturated rings. The Morgan fingerprint density at radius 2 is 2.23 bits per heavy atom. The highest BCUT2D eigenvalue weighted by atomic mass is 32.2. The van der Waals surface area contributed by atoms with E-state index in [0.29, 0.717) is 5.92 Å². The minimum Gasteiger partial charge on any atom is -0.306 e. The molecule has 0 saturated heterocycles. The van der Waals surface area contributed by atoms with Crippen molar-refractivity contribution in [2.24, 2.45) is 0 Å². The van der Waals surface area contributed by atoms with Crippen molar-refractivity contribution in [3.63, 3.8) is 0 Å². The van der Waals surface area contributed by atoms with Gasteiger partial charge in [-0.25, -0.2) is 0 Å². The van der Waals surface area contributed by atoms with Crippen LogP contribution in [0.5, 0.6) is 0 Å².